The lowest BCUT2D eigenvalue weighted by atomic mass is 9.44. The molecule has 0 aromatic rings. The van der Waals surface area contributed by atoms with Gasteiger partial charge in [-0.2, -0.15) is 0 Å². The van der Waals surface area contributed by atoms with Crippen LogP contribution in [0.3, 0.4) is 0 Å². The van der Waals surface area contributed by atoms with Crippen LogP contribution in [0.2, 0.25) is 0 Å². The largest absolute Gasteiger partial charge is 0.387 e. The van der Waals surface area contributed by atoms with Crippen molar-refractivity contribution in [2.75, 3.05) is 13.7 Å². The minimum Gasteiger partial charge on any atom is -0.387 e. The minimum atomic E-state index is -0.609. The first kappa shape index (κ1) is 18.9. The van der Waals surface area contributed by atoms with E-state index in [9.17, 15) is 9.90 Å². The second-order valence-electron chi connectivity index (χ2n) is 10.8. The molecule has 1 N–H and O–H groups in total. The van der Waals surface area contributed by atoms with Gasteiger partial charge >= 0.3 is 0 Å². The van der Waals surface area contributed by atoms with E-state index in [4.69, 9.17) is 4.74 Å². The Morgan fingerprint density at radius 1 is 1.00 bits per heavy atom. The molecule has 8 atom stereocenters. The van der Waals surface area contributed by atoms with Crippen molar-refractivity contribution in [1.82, 2.24) is 0 Å². The van der Waals surface area contributed by atoms with Crippen molar-refractivity contribution in [3.63, 3.8) is 0 Å². The molecule has 4 aliphatic rings. The molecule has 0 aromatic heterocycles. The highest BCUT2D eigenvalue weighted by molar-refractivity contribution is 5.79. The van der Waals surface area contributed by atoms with Crippen molar-refractivity contribution in [3.05, 3.63) is 0 Å². The second kappa shape index (κ2) is 6.30. The fourth-order valence-corrected chi connectivity index (χ4v) is 8.39. The molecule has 0 amide bonds. The maximum Gasteiger partial charge on any atom is 0.133 e. The van der Waals surface area contributed by atoms with Gasteiger partial charge in [-0.3, -0.25) is 4.79 Å². The summed E-state index contributed by atoms with van der Waals surface area (Å²) in [7, 11) is 1.70. The summed E-state index contributed by atoms with van der Waals surface area (Å²) in [5.74, 6) is 3.69. The number of rotatable bonds is 3. The Bertz CT molecular complexity index is 574. The number of Topliss-reactive ketones (excluding diaryl/α,β-unsaturated/α-hetero) is 1. The molecule has 3 nitrogen and oxygen atoms in total. The molecule has 3 unspecified atom stereocenters. The summed E-state index contributed by atoms with van der Waals surface area (Å²) in [4.78, 5) is 12.3. The zero-order chi connectivity index (χ0) is 18.7. The first-order chi connectivity index (χ1) is 12.2. The molecule has 0 aliphatic heterocycles. The van der Waals surface area contributed by atoms with Gasteiger partial charge in [0.15, 0.2) is 0 Å². The Morgan fingerprint density at radius 2 is 1.73 bits per heavy atom. The SMILES string of the molecule is COC[C@@]1(O)CC[C@]2(C)C3CC[C@@]4(C)C(CC[C@@H]4C(C)=O)C3CC[C@@H]2C1. The summed E-state index contributed by atoms with van der Waals surface area (Å²) in [5, 5.41) is 10.9. The van der Waals surface area contributed by atoms with Crippen molar-refractivity contribution in [1.29, 1.82) is 0 Å². The van der Waals surface area contributed by atoms with Crippen LogP contribution in [-0.4, -0.2) is 30.2 Å². The zero-order valence-corrected chi connectivity index (χ0v) is 17.2. The summed E-state index contributed by atoms with van der Waals surface area (Å²) in [6, 6.07) is 0. The highest BCUT2D eigenvalue weighted by Crippen LogP contribution is 2.68. The van der Waals surface area contributed by atoms with E-state index in [0.29, 0.717) is 29.6 Å². The number of carbonyl (C=O) groups is 1. The number of methoxy groups -OCH3 is 1. The Balaban J connectivity index is 1.56. The Morgan fingerprint density at radius 3 is 2.42 bits per heavy atom. The quantitative estimate of drug-likeness (QED) is 0.797. The second-order valence-corrected chi connectivity index (χ2v) is 10.8. The number of fused-ring (bicyclic) bond motifs is 5. The number of aliphatic hydroxyl groups is 1. The van der Waals surface area contributed by atoms with Crippen LogP contribution in [0.5, 0.6) is 0 Å². The van der Waals surface area contributed by atoms with E-state index < -0.39 is 5.60 Å². The molecular formula is C23H38O3. The molecule has 4 fully saturated rings. The van der Waals surface area contributed by atoms with Crippen LogP contribution >= 0.6 is 0 Å². The molecule has 4 rings (SSSR count). The molecule has 0 radical (unpaired) electrons. The number of carbonyl (C=O) groups excluding carboxylic acids is 1. The lowest BCUT2D eigenvalue weighted by molar-refractivity contribution is -0.163. The van der Waals surface area contributed by atoms with Gasteiger partial charge in [-0.05, 0) is 99.2 Å². The molecule has 0 aromatic carbocycles. The van der Waals surface area contributed by atoms with E-state index in [1.54, 1.807) is 7.11 Å². The third-order valence-corrected chi connectivity index (χ3v) is 9.72. The smallest absolute Gasteiger partial charge is 0.133 e. The van der Waals surface area contributed by atoms with Gasteiger partial charge in [0, 0.05) is 13.0 Å². The van der Waals surface area contributed by atoms with Crippen LogP contribution in [-0.2, 0) is 9.53 Å². The lowest BCUT2D eigenvalue weighted by Gasteiger charge is -2.62. The van der Waals surface area contributed by atoms with Gasteiger partial charge in [-0.25, -0.2) is 0 Å². The van der Waals surface area contributed by atoms with Gasteiger partial charge in [0.05, 0.1) is 12.2 Å². The van der Waals surface area contributed by atoms with Gasteiger partial charge in [0.25, 0.3) is 0 Å². The van der Waals surface area contributed by atoms with Crippen molar-refractivity contribution < 1.29 is 14.6 Å². The summed E-state index contributed by atoms with van der Waals surface area (Å²) in [6.45, 7) is 7.26. The van der Waals surface area contributed by atoms with E-state index in [2.05, 4.69) is 13.8 Å². The summed E-state index contributed by atoms with van der Waals surface area (Å²) in [6.07, 6.45) is 10.4. The fourth-order valence-electron chi connectivity index (χ4n) is 8.39. The Kier molecular flexibility index (Phi) is 4.59. The van der Waals surface area contributed by atoms with E-state index in [0.717, 1.165) is 43.4 Å². The highest BCUT2D eigenvalue weighted by atomic mass is 16.5. The summed E-state index contributed by atoms with van der Waals surface area (Å²) in [5.41, 5.74) is 0.0161. The molecule has 26 heavy (non-hydrogen) atoms. The first-order valence-electron chi connectivity index (χ1n) is 11.0. The van der Waals surface area contributed by atoms with Crippen LogP contribution in [0.1, 0.15) is 78.6 Å². The van der Waals surface area contributed by atoms with Crippen molar-refractivity contribution >= 4 is 5.78 Å². The molecule has 4 aliphatic carbocycles. The minimum absolute atomic E-state index is 0.252. The summed E-state index contributed by atoms with van der Waals surface area (Å²) < 4.78 is 5.33. The predicted molar refractivity (Wildman–Crippen MR) is 103 cm³/mol. The van der Waals surface area contributed by atoms with Crippen LogP contribution in [0.15, 0.2) is 0 Å². The topological polar surface area (TPSA) is 46.5 Å². The van der Waals surface area contributed by atoms with Gasteiger partial charge in [0.2, 0.25) is 0 Å². The molecule has 0 spiro atoms. The molecule has 4 saturated carbocycles. The highest BCUT2D eigenvalue weighted by Gasteiger charge is 2.61. The lowest BCUT2D eigenvalue weighted by Crippen LogP contribution is -2.56. The Hall–Kier alpha value is -0.410. The van der Waals surface area contributed by atoms with Crippen LogP contribution in [0, 0.1) is 40.4 Å². The third kappa shape index (κ3) is 2.64. The molecule has 0 bridgehead atoms. The van der Waals surface area contributed by atoms with Crippen LogP contribution < -0.4 is 0 Å². The fraction of sp³-hybridized carbons (Fsp3) is 0.957. The number of hydrogen-bond acceptors (Lipinski definition) is 3. The average Bonchev–Trinajstić information content (AvgIpc) is 2.93. The standard InChI is InChI=1S/C23H38O3/c1-15(24)18-7-8-19-17-6-5-16-13-23(25,14-26-4)12-11-21(16,2)20(17)9-10-22(18,19)3/h16-20,25H,5-14H2,1-4H3/t16-,17?,18-,19?,20?,21+,22-,23-/m1/s1. The Labute approximate surface area is 159 Å². The van der Waals surface area contributed by atoms with Gasteiger partial charge in [0.1, 0.15) is 5.78 Å². The predicted octanol–water partition coefficient (Wildman–Crippen LogP) is 4.61. The van der Waals surface area contributed by atoms with Gasteiger partial charge in [-0.1, -0.05) is 13.8 Å². The monoisotopic (exact) mass is 362 g/mol. The number of ether oxygens (including phenoxy) is 1. The molecular weight excluding hydrogens is 324 g/mol. The summed E-state index contributed by atoms with van der Waals surface area (Å²) >= 11 is 0. The van der Waals surface area contributed by atoms with E-state index in [1.807, 2.05) is 6.92 Å². The molecule has 3 heteroatoms. The van der Waals surface area contributed by atoms with Crippen LogP contribution in [0.4, 0.5) is 0 Å². The zero-order valence-electron chi connectivity index (χ0n) is 17.2. The number of hydrogen-bond donors (Lipinski definition) is 1. The van der Waals surface area contributed by atoms with E-state index >= 15 is 0 Å². The third-order valence-electron chi connectivity index (χ3n) is 9.72. The maximum absolute atomic E-state index is 12.3. The molecule has 148 valence electrons. The number of ketones is 1. The van der Waals surface area contributed by atoms with E-state index in [-0.39, 0.29) is 5.41 Å². The van der Waals surface area contributed by atoms with Crippen LogP contribution in [0.25, 0.3) is 0 Å². The molecule has 0 saturated heterocycles. The van der Waals surface area contributed by atoms with Crippen molar-refractivity contribution in [2.45, 2.75) is 84.2 Å². The average molecular weight is 363 g/mol. The van der Waals surface area contributed by atoms with Crippen molar-refractivity contribution in [3.8, 4) is 0 Å². The van der Waals surface area contributed by atoms with Gasteiger partial charge in [-0.15, -0.1) is 0 Å². The van der Waals surface area contributed by atoms with Crippen molar-refractivity contribution in [2.24, 2.45) is 40.4 Å². The molecule has 0 heterocycles. The maximum atomic E-state index is 12.3. The van der Waals surface area contributed by atoms with E-state index in [1.165, 1.54) is 32.1 Å². The normalized spacial score (nSPS) is 53.5. The van der Waals surface area contributed by atoms with Gasteiger partial charge < -0.3 is 9.84 Å². The first-order valence-corrected chi connectivity index (χ1v) is 11.0.